The Kier molecular flexibility index (Phi) is 7.25. The first-order chi connectivity index (χ1) is 15.5. The van der Waals surface area contributed by atoms with Crippen LogP contribution in [0.3, 0.4) is 0 Å². The van der Waals surface area contributed by atoms with Crippen molar-refractivity contribution in [2.75, 3.05) is 26.7 Å². The van der Waals surface area contributed by atoms with Crippen LogP contribution in [-0.2, 0) is 11.3 Å². The predicted molar refractivity (Wildman–Crippen MR) is 131 cm³/mol. The average molecular weight is 468 g/mol. The summed E-state index contributed by atoms with van der Waals surface area (Å²) in [5.74, 6) is 0.774. The number of aromatic nitrogens is 1. The molecule has 1 aliphatic rings. The van der Waals surface area contributed by atoms with E-state index in [9.17, 15) is 4.79 Å². The molecule has 1 fully saturated rings. The quantitative estimate of drug-likeness (QED) is 0.478. The third kappa shape index (κ3) is 5.38. The Morgan fingerprint density at radius 2 is 1.91 bits per heavy atom. The van der Waals surface area contributed by atoms with Crippen LogP contribution in [0.15, 0.2) is 60.8 Å². The molecule has 0 bridgehead atoms. The standard InChI is InChI=1S/C25H26ClN3O2S/c1-18-25(30)29(15-14-28(18)13-3-4-22-10-11-23(26)32-22)17-19-5-7-20(8-6-19)21-9-12-24(31-2)27-16-21/h3-12,16,18H,13-15,17H2,1-2H3. The SMILES string of the molecule is COc1ccc(-c2ccc(CN3CCN(CC=Cc4ccc(Cl)s4)C(C)C3=O)cc2)cn1. The summed E-state index contributed by atoms with van der Waals surface area (Å²) >= 11 is 7.53. The summed E-state index contributed by atoms with van der Waals surface area (Å²) in [6.07, 6.45) is 5.98. The maximum atomic E-state index is 13.0. The van der Waals surface area contributed by atoms with E-state index in [1.165, 1.54) is 0 Å². The summed E-state index contributed by atoms with van der Waals surface area (Å²) in [5, 5.41) is 0. The molecule has 3 aromatic rings. The first kappa shape index (κ1) is 22.5. The van der Waals surface area contributed by atoms with Crippen molar-refractivity contribution in [1.29, 1.82) is 0 Å². The predicted octanol–water partition coefficient (Wildman–Crippen LogP) is 5.22. The fraction of sp³-hybridized carbons (Fsp3) is 0.280. The van der Waals surface area contributed by atoms with Crippen LogP contribution in [-0.4, -0.2) is 53.5 Å². The van der Waals surface area contributed by atoms with Crippen molar-refractivity contribution >= 4 is 34.9 Å². The topological polar surface area (TPSA) is 45.7 Å². The van der Waals surface area contributed by atoms with Gasteiger partial charge in [0.1, 0.15) is 0 Å². The summed E-state index contributed by atoms with van der Waals surface area (Å²) in [6.45, 7) is 4.96. The molecule has 5 nitrogen and oxygen atoms in total. The van der Waals surface area contributed by atoms with Gasteiger partial charge in [0.15, 0.2) is 0 Å². The van der Waals surface area contributed by atoms with Crippen molar-refractivity contribution in [2.45, 2.75) is 19.5 Å². The number of carbonyl (C=O) groups is 1. The van der Waals surface area contributed by atoms with E-state index in [1.807, 2.05) is 36.1 Å². The van der Waals surface area contributed by atoms with E-state index in [0.717, 1.165) is 45.5 Å². The fourth-order valence-corrected chi connectivity index (χ4v) is 4.79. The van der Waals surface area contributed by atoms with E-state index in [0.29, 0.717) is 12.4 Å². The van der Waals surface area contributed by atoms with Crippen molar-refractivity contribution in [1.82, 2.24) is 14.8 Å². The number of hydrogen-bond donors (Lipinski definition) is 0. The number of methoxy groups -OCH3 is 1. The Hall–Kier alpha value is -2.67. The van der Waals surface area contributed by atoms with Crippen molar-refractivity contribution in [3.05, 3.63) is 75.6 Å². The molecule has 1 atom stereocenters. The number of rotatable bonds is 7. The van der Waals surface area contributed by atoms with Gasteiger partial charge in [-0.1, -0.05) is 41.9 Å². The summed E-state index contributed by atoms with van der Waals surface area (Å²) in [5.41, 5.74) is 3.25. The monoisotopic (exact) mass is 467 g/mol. The zero-order chi connectivity index (χ0) is 22.5. The Balaban J connectivity index is 1.33. The highest BCUT2D eigenvalue weighted by atomic mass is 35.5. The van der Waals surface area contributed by atoms with Crippen LogP contribution in [0, 0.1) is 0 Å². The van der Waals surface area contributed by atoms with E-state index in [4.69, 9.17) is 16.3 Å². The van der Waals surface area contributed by atoms with E-state index in [-0.39, 0.29) is 11.9 Å². The van der Waals surface area contributed by atoms with Gasteiger partial charge in [-0.15, -0.1) is 11.3 Å². The third-order valence-electron chi connectivity index (χ3n) is 5.70. The maximum absolute atomic E-state index is 13.0. The van der Waals surface area contributed by atoms with Crippen molar-refractivity contribution in [2.24, 2.45) is 0 Å². The van der Waals surface area contributed by atoms with Gasteiger partial charge in [-0.25, -0.2) is 4.98 Å². The Bertz CT molecular complexity index is 1080. The van der Waals surface area contributed by atoms with Gasteiger partial charge in [0.05, 0.1) is 17.5 Å². The van der Waals surface area contributed by atoms with Crippen LogP contribution in [0.4, 0.5) is 0 Å². The zero-order valence-electron chi connectivity index (χ0n) is 18.2. The van der Waals surface area contributed by atoms with Gasteiger partial charge in [0.2, 0.25) is 11.8 Å². The molecule has 1 unspecified atom stereocenters. The number of piperazine rings is 1. The lowest BCUT2D eigenvalue weighted by Gasteiger charge is -2.38. The number of thiophene rings is 1. The first-order valence-corrected chi connectivity index (χ1v) is 11.8. The van der Waals surface area contributed by atoms with E-state index in [2.05, 4.69) is 46.3 Å². The average Bonchev–Trinajstić information content (AvgIpc) is 3.24. The first-order valence-electron chi connectivity index (χ1n) is 10.6. The lowest BCUT2D eigenvalue weighted by atomic mass is 10.0. The maximum Gasteiger partial charge on any atom is 0.239 e. The molecule has 0 aliphatic carbocycles. The number of carbonyl (C=O) groups excluding carboxylic acids is 1. The lowest BCUT2D eigenvalue weighted by Crippen LogP contribution is -2.55. The molecule has 1 aliphatic heterocycles. The van der Waals surface area contributed by atoms with E-state index >= 15 is 0 Å². The van der Waals surface area contributed by atoms with Gasteiger partial charge in [-0.2, -0.15) is 0 Å². The van der Waals surface area contributed by atoms with Crippen LogP contribution >= 0.6 is 22.9 Å². The summed E-state index contributed by atoms with van der Waals surface area (Å²) in [7, 11) is 1.61. The van der Waals surface area contributed by atoms with Gasteiger partial charge in [-0.3, -0.25) is 9.69 Å². The van der Waals surface area contributed by atoms with E-state index in [1.54, 1.807) is 24.6 Å². The zero-order valence-corrected chi connectivity index (χ0v) is 19.8. The molecular formula is C25H26ClN3O2S. The van der Waals surface area contributed by atoms with Crippen LogP contribution in [0.2, 0.25) is 4.34 Å². The highest BCUT2D eigenvalue weighted by Gasteiger charge is 2.30. The number of nitrogens with zero attached hydrogens (tertiary/aromatic N) is 3. The fourth-order valence-electron chi connectivity index (χ4n) is 3.80. The Labute approximate surface area is 197 Å². The molecule has 1 amide bonds. The minimum absolute atomic E-state index is 0.134. The number of benzene rings is 1. The van der Waals surface area contributed by atoms with Gasteiger partial charge in [-0.05, 0) is 42.3 Å². The minimum Gasteiger partial charge on any atom is -0.481 e. The van der Waals surface area contributed by atoms with Gasteiger partial charge >= 0.3 is 0 Å². The van der Waals surface area contributed by atoms with Crippen LogP contribution in [0.25, 0.3) is 17.2 Å². The lowest BCUT2D eigenvalue weighted by molar-refractivity contribution is -0.141. The summed E-state index contributed by atoms with van der Waals surface area (Å²) < 4.78 is 5.91. The number of pyridine rings is 1. The molecule has 0 radical (unpaired) electrons. The molecule has 0 N–H and O–H groups in total. The third-order valence-corrected chi connectivity index (χ3v) is 6.89. The van der Waals surface area contributed by atoms with Crippen molar-refractivity contribution < 1.29 is 9.53 Å². The van der Waals surface area contributed by atoms with Gasteiger partial charge in [0.25, 0.3) is 0 Å². The van der Waals surface area contributed by atoms with E-state index < -0.39 is 0 Å². The normalized spacial score (nSPS) is 17.3. The second kappa shape index (κ2) is 10.3. The second-order valence-corrected chi connectivity index (χ2v) is 9.51. The molecular weight excluding hydrogens is 442 g/mol. The molecule has 1 saturated heterocycles. The van der Waals surface area contributed by atoms with Crippen molar-refractivity contribution in [3.8, 4) is 17.0 Å². The van der Waals surface area contributed by atoms with Crippen LogP contribution < -0.4 is 4.74 Å². The van der Waals surface area contributed by atoms with Crippen LogP contribution in [0.5, 0.6) is 5.88 Å². The number of hydrogen-bond acceptors (Lipinski definition) is 5. The van der Waals surface area contributed by atoms with Crippen LogP contribution in [0.1, 0.15) is 17.4 Å². The highest BCUT2D eigenvalue weighted by Crippen LogP contribution is 2.24. The molecule has 2 aromatic heterocycles. The summed E-state index contributed by atoms with van der Waals surface area (Å²) in [6, 6.07) is 15.9. The Morgan fingerprint density at radius 1 is 1.12 bits per heavy atom. The summed E-state index contributed by atoms with van der Waals surface area (Å²) in [4.78, 5) is 22.5. The minimum atomic E-state index is -0.134. The molecule has 32 heavy (non-hydrogen) atoms. The molecule has 1 aromatic carbocycles. The number of ether oxygens (including phenoxy) is 1. The molecule has 7 heteroatoms. The second-order valence-electron chi connectivity index (χ2n) is 7.76. The van der Waals surface area contributed by atoms with Gasteiger partial charge < -0.3 is 9.64 Å². The number of amides is 1. The smallest absolute Gasteiger partial charge is 0.239 e. The Morgan fingerprint density at radius 3 is 2.56 bits per heavy atom. The molecule has 0 saturated carbocycles. The molecule has 3 heterocycles. The highest BCUT2D eigenvalue weighted by molar-refractivity contribution is 7.16. The number of halogens is 1. The molecule has 4 rings (SSSR count). The van der Waals surface area contributed by atoms with Gasteiger partial charge in [0, 0.05) is 48.9 Å². The largest absolute Gasteiger partial charge is 0.481 e. The van der Waals surface area contributed by atoms with Crippen molar-refractivity contribution in [3.63, 3.8) is 0 Å². The molecule has 166 valence electrons. The molecule has 0 spiro atoms.